The lowest BCUT2D eigenvalue weighted by molar-refractivity contribution is 0.122. The summed E-state index contributed by atoms with van der Waals surface area (Å²) in [4.78, 5) is 18.2. The number of pyridine rings is 1. The Bertz CT molecular complexity index is 997. The number of rotatable bonds is 3. The second-order valence-corrected chi connectivity index (χ2v) is 6.54. The van der Waals surface area contributed by atoms with E-state index in [0.717, 1.165) is 40.9 Å². The van der Waals surface area contributed by atoms with E-state index < -0.39 is 6.09 Å². The number of fused-ring (bicyclic) bond motifs is 1. The number of hydrogen-bond donors (Lipinski definition) is 1. The van der Waals surface area contributed by atoms with Crippen molar-refractivity contribution in [1.82, 2.24) is 4.98 Å². The van der Waals surface area contributed by atoms with Crippen molar-refractivity contribution in [3.05, 3.63) is 54.1 Å². The van der Waals surface area contributed by atoms with Crippen LogP contribution in [0.3, 0.4) is 0 Å². The van der Waals surface area contributed by atoms with Crippen LogP contribution < -0.4 is 15.4 Å². The van der Waals surface area contributed by atoms with Crippen molar-refractivity contribution in [2.45, 2.75) is 6.92 Å². The molecule has 6 nitrogen and oxygen atoms in total. The molecule has 4 rings (SSSR count). The Morgan fingerprint density at radius 1 is 1.11 bits per heavy atom. The first-order valence-electron chi connectivity index (χ1n) is 8.92. The molecule has 1 aliphatic rings. The molecule has 1 fully saturated rings. The summed E-state index contributed by atoms with van der Waals surface area (Å²) >= 11 is 0. The van der Waals surface area contributed by atoms with Crippen molar-refractivity contribution in [1.29, 1.82) is 0 Å². The maximum absolute atomic E-state index is 11.1. The fourth-order valence-electron chi connectivity index (χ4n) is 3.42. The van der Waals surface area contributed by atoms with Gasteiger partial charge in [-0.15, -0.1) is 0 Å². The zero-order chi connectivity index (χ0) is 18.8. The van der Waals surface area contributed by atoms with Gasteiger partial charge in [-0.25, -0.2) is 9.78 Å². The fourth-order valence-corrected chi connectivity index (χ4v) is 3.42. The Labute approximate surface area is 157 Å². The van der Waals surface area contributed by atoms with E-state index in [2.05, 4.69) is 30.0 Å². The molecule has 0 atom stereocenters. The molecule has 2 N–H and O–H groups in total. The predicted molar refractivity (Wildman–Crippen MR) is 105 cm³/mol. The first-order valence-corrected chi connectivity index (χ1v) is 8.92. The van der Waals surface area contributed by atoms with Crippen molar-refractivity contribution in [3.63, 3.8) is 0 Å². The van der Waals surface area contributed by atoms with E-state index in [1.165, 1.54) is 5.56 Å². The number of ether oxygens (including phenoxy) is 2. The standard InChI is InChI=1S/C21H21N3O3/c1-14-4-2-3-5-16(14)17-13-20(24-8-10-26-11-9-24)23-19-7-6-15(12-18(17)19)27-21(22)25/h2-7,12-13H,8-11H2,1H3,(H2,22,25). The van der Waals surface area contributed by atoms with Crippen LogP contribution in [0.1, 0.15) is 5.56 Å². The number of primary amides is 1. The van der Waals surface area contributed by atoms with Crippen LogP contribution in [0.5, 0.6) is 5.75 Å². The van der Waals surface area contributed by atoms with Gasteiger partial charge in [-0.3, -0.25) is 0 Å². The largest absolute Gasteiger partial charge is 0.410 e. The van der Waals surface area contributed by atoms with Gasteiger partial charge in [0, 0.05) is 18.5 Å². The lowest BCUT2D eigenvalue weighted by atomic mass is 9.97. The van der Waals surface area contributed by atoms with Crippen molar-refractivity contribution in [2.75, 3.05) is 31.2 Å². The van der Waals surface area contributed by atoms with Crippen LogP contribution in [0.15, 0.2) is 48.5 Å². The smallest absolute Gasteiger partial charge is 0.409 e. The van der Waals surface area contributed by atoms with E-state index in [4.69, 9.17) is 20.2 Å². The Morgan fingerprint density at radius 2 is 1.89 bits per heavy atom. The maximum atomic E-state index is 11.1. The molecule has 1 aliphatic heterocycles. The molecule has 0 radical (unpaired) electrons. The second kappa shape index (κ2) is 7.25. The van der Waals surface area contributed by atoms with Crippen molar-refractivity contribution < 1.29 is 14.3 Å². The summed E-state index contributed by atoms with van der Waals surface area (Å²) in [6.45, 7) is 5.11. The molecule has 0 aliphatic carbocycles. The molecule has 2 aromatic carbocycles. The highest BCUT2D eigenvalue weighted by Crippen LogP contribution is 2.35. The van der Waals surface area contributed by atoms with Crippen molar-refractivity contribution in [2.24, 2.45) is 5.73 Å². The Hall–Kier alpha value is -3.12. The third-order valence-corrected chi connectivity index (χ3v) is 4.76. The number of carbonyl (C=O) groups excluding carboxylic acids is 1. The average molecular weight is 363 g/mol. The maximum Gasteiger partial charge on any atom is 0.409 e. The molecule has 1 amide bonds. The van der Waals surface area contributed by atoms with Crippen LogP contribution in [-0.4, -0.2) is 37.4 Å². The molecular weight excluding hydrogens is 342 g/mol. The van der Waals surface area contributed by atoms with Crippen LogP contribution in [0.4, 0.5) is 10.6 Å². The number of aromatic nitrogens is 1. The number of amides is 1. The minimum Gasteiger partial charge on any atom is -0.410 e. The number of carbonyl (C=O) groups is 1. The number of morpholine rings is 1. The molecule has 0 saturated carbocycles. The van der Waals surface area contributed by atoms with Gasteiger partial charge in [0.15, 0.2) is 0 Å². The molecule has 0 unspecified atom stereocenters. The fraction of sp³-hybridized carbons (Fsp3) is 0.238. The summed E-state index contributed by atoms with van der Waals surface area (Å²) in [5.74, 6) is 1.33. The van der Waals surface area contributed by atoms with E-state index in [1.54, 1.807) is 6.07 Å². The molecule has 0 bridgehead atoms. The molecular formula is C21H21N3O3. The summed E-state index contributed by atoms with van der Waals surface area (Å²) in [5.41, 5.74) is 9.35. The number of nitrogens with two attached hydrogens (primary N) is 1. The molecule has 0 spiro atoms. The summed E-state index contributed by atoms with van der Waals surface area (Å²) in [6.07, 6.45) is -0.829. The minimum absolute atomic E-state index is 0.408. The number of aryl methyl sites for hydroxylation is 1. The van der Waals surface area contributed by atoms with Crippen molar-refractivity contribution in [3.8, 4) is 16.9 Å². The average Bonchev–Trinajstić information content (AvgIpc) is 2.68. The van der Waals surface area contributed by atoms with Crippen LogP contribution in [0, 0.1) is 6.92 Å². The highest BCUT2D eigenvalue weighted by molar-refractivity contribution is 5.98. The molecule has 1 saturated heterocycles. The lowest BCUT2D eigenvalue weighted by Gasteiger charge is -2.28. The minimum atomic E-state index is -0.829. The van der Waals surface area contributed by atoms with Crippen molar-refractivity contribution >= 4 is 22.8 Å². The molecule has 2 heterocycles. The second-order valence-electron chi connectivity index (χ2n) is 6.54. The third-order valence-electron chi connectivity index (χ3n) is 4.76. The van der Waals surface area contributed by atoms with Crippen LogP contribution in [0.2, 0.25) is 0 Å². The SMILES string of the molecule is Cc1ccccc1-c1cc(N2CCOCC2)nc2ccc(OC(N)=O)cc12. The van der Waals surface area contributed by atoms with Gasteiger partial charge in [-0.1, -0.05) is 24.3 Å². The van der Waals surface area contributed by atoms with Crippen LogP contribution in [0.25, 0.3) is 22.0 Å². The van der Waals surface area contributed by atoms with Crippen LogP contribution >= 0.6 is 0 Å². The predicted octanol–water partition coefficient (Wildman–Crippen LogP) is 3.50. The van der Waals surface area contributed by atoms with Gasteiger partial charge in [0.2, 0.25) is 0 Å². The molecule has 138 valence electrons. The van der Waals surface area contributed by atoms with Gasteiger partial charge >= 0.3 is 6.09 Å². The lowest BCUT2D eigenvalue weighted by Crippen LogP contribution is -2.36. The van der Waals surface area contributed by atoms with Gasteiger partial charge in [0.1, 0.15) is 11.6 Å². The molecule has 6 heteroatoms. The normalized spacial score (nSPS) is 14.3. The van der Waals surface area contributed by atoms with E-state index in [1.807, 2.05) is 24.3 Å². The summed E-state index contributed by atoms with van der Waals surface area (Å²) in [6, 6.07) is 15.7. The highest BCUT2D eigenvalue weighted by Gasteiger charge is 2.17. The number of hydrogen-bond acceptors (Lipinski definition) is 5. The van der Waals surface area contributed by atoms with E-state index in [9.17, 15) is 4.79 Å². The van der Waals surface area contributed by atoms with Gasteiger partial charge in [0.25, 0.3) is 0 Å². The van der Waals surface area contributed by atoms with Gasteiger partial charge in [0.05, 0.1) is 18.7 Å². The zero-order valence-electron chi connectivity index (χ0n) is 15.1. The van der Waals surface area contributed by atoms with E-state index in [0.29, 0.717) is 19.0 Å². The third kappa shape index (κ3) is 3.57. The summed E-state index contributed by atoms with van der Waals surface area (Å²) in [5, 5.41) is 0.917. The highest BCUT2D eigenvalue weighted by atomic mass is 16.5. The zero-order valence-corrected chi connectivity index (χ0v) is 15.1. The quantitative estimate of drug-likeness (QED) is 0.770. The Morgan fingerprint density at radius 3 is 2.63 bits per heavy atom. The van der Waals surface area contributed by atoms with E-state index >= 15 is 0 Å². The monoisotopic (exact) mass is 363 g/mol. The van der Waals surface area contributed by atoms with Crippen LogP contribution in [-0.2, 0) is 4.74 Å². The first-order chi connectivity index (χ1) is 13.1. The topological polar surface area (TPSA) is 77.7 Å². The first kappa shape index (κ1) is 17.3. The molecule has 27 heavy (non-hydrogen) atoms. The Balaban J connectivity index is 1.91. The number of benzene rings is 2. The number of nitrogens with zero attached hydrogens (tertiary/aromatic N) is 2. The summed E-state index contributed by atoms with van der Waals surface area (Å²) in [7, 11) is 0. The van der Waals surface area contributed by atoms with Gasteiger partial charge in [-0.05, 0) is 47.9 Å². The van der Waals surface area contributed by atoms with E-state index in [-0.39, 0.29) is 0 Å². The van der Waals surface area contributed by atoms with Gasteiger partial charge in [-0.2, -0.15) is 0 Å². The number of anilines is 1. The molecule has 1 aromatic heterocycles. The van der Waals surface area contributed by atoms with Gasteiger partial charge < -0.3 is 20.1 Å². The molecule has 3 aromatic rings. The summed E-state index contributed by atoms with van der Waals surface area (Å²) < 4.78 is 10.5. The Kier molecular flexibility index (Phi) is 4.64.